The number of aliphatic imine (C=N–C) groups is 1. The molecule has 0 amide bonds. The number of nitriles is 1. The second-order valence-corrected chi connectivity index (χ2v) is 16.0. The zero-order valence-electron chi connectivity index (χ0n) is 19.4. The normalized spacial score (nSPS) is 19.8. The van der Waals surface area contributed by atoms with Gasteiger partial charge in [0.05, 0.1) is 0 Å². The van der Waals surface area contributed by atoms with Crippen LogP contribution in [0.4, 0.5) is 0 Å². The Morgan fingerprint density at radius 1 is 1.04 bits per heavy atom. The first kappa shape index (κ1) is 30.6. The molecule has 2 aliphatic heterocycles. The Bertz CT molecular complexity index is 426. The zero-order valence-corrected chi connectivity index (χ0v) is 24.3. The van der Waals surface area contributed by atoms with E-state index in [1.165, 1.54) is 80.7 Å². The Kier molecular flexibility index (Phi) is 21.1. The molecule has 3 nitrogen and oxygen atoms in total. The van der Waals surface area contributed by atoms with Gasteiger partial charge in [-0.2, -0.15) is 0 Å². The zero-order chi connectivity index (χ0) is 20.5. The summed E-state index contributed by atoms with van der Waals surface area (Å²) in [5.74, 6) is 0. The fraction of sp³-hybridized carbons (Fsp3) is 0.909. The van der Waals surface area contributed by atoms with Gasteiger partial charge in [-0.3, -0.25) is 0 Å². The number of unbranched alkanes of at least 4 members (excludes halogenated alkanes) is 6. The predicted molar refractivity (Wildman–Crippen MR) is 134 cm³/mol. The van der Waals surface area contributed by atoms with Crippen LogP contribution in [0, 0.1) is 11.0 Å². The van der Waals surface area contributed by atoms with Crippen molar-refractivity contribution in [3.05, 3.63) is 0 Å². The van der Waals surface area contributed by atoms with Gasteiger partial charge >= 0.3 is 98.9 Å². The molecule has 2 heterocycles. The van der Waals surface area contributed by atoms with Crippen molar-refractivity contribution < 1.29 is 0 Å². The van der Waals surface area contributed by atoms with E-state index < -0.39 is 8.07 Å². The van der Waals surface area contributed by atoms with Crippen molar-refractivity contribution in [1.29, 1.82) is 5.26 Å². The monoisotopic (exact) mass is 541 g/mol. The molecule has 0 aromatic heterocycles. The first-order valence-corrected chi connectivity index (χ1v) is 16.7. The third-order valence-corrected chi connectivity index (χ3v) is 7.40. The van der Waals surface area contributed by atoms with Crippen molar-refractivity contribution in [2.75, 3.05) is 6.54 Å². The maximum absolute atomic E-state index is 8.21. The standard InChI is InChI=1S/C10H19NSe.C8H17N.C4H9NSi.H2Se/c1-3-4-5-6-7-10-8-12-9(2)11-10;1-2-3-4-5-6-8-7-9-8;1-6(2,3)4-5;/h10H,3-8H2,1-2H3;8-9H,2-7H2,1H3;1-3H3;1H2. The van der Waals surface area contributed by atoms with Crippen LogP contribution < -0.4 is 5.32 Å². The molecule has 1 saturated heterocycles. The topological polar surface area (TPSA) is 58.1 Å². The van der Waals surface area contributed by atoms with Gasteiger partial charge in [-0.15, -0.1) is 0 Å². The molecule has 2 rings (SSSR count). The summed E-state index contributed by atoms with van der Waals surface area (Å²) in [4.78, 5) is 4.63. The molecule has 1 fully saturated rings. The molecule has 0 aromatic rings. The summed E-state index contributed by atoms with van der Waals surface area (Å²) in [6.07, 6.45) is 14.0. The van der Waals surface area contributed by atoms with E-state index in [-0.39, 0.29) is 17.1 Å². The van der Waals surface area contributed by atoms with E-state index in [0.717, 1.165) is 21.0 Å². The van der Waals surface area contributed by atoms with Crippen LogP contribution >= 0.6 is 0 Å². The molecule has 0 radical (unpaired) electrons. The molecule has 2 unspecified atom stereocenters. The Morgan fingerprint density at radius 2 is 1.54 bits per heavy atom. The van der Waals surface area contributed by atoms with Gasteiger partial charge in [-0.1, -0.05) is 52.2 Å². The van der Waals surface area contributed by atoms with E-state index in [1.54, 1.807) is 0 Å². The minimum absolute atomic E-state index is 0. The molecule has 0 bridgehead atoms. The average Bonchev–Trinajstić information content (AvgIpc) is 3.36. The van der Waals surface area contributed by atoms with E-state index in [1.807, 2.05) is 19.6 Å². The summed E-state index contributed by atoms with van der Waals surface area (Å²) < 4.78 is 1.43. The third-order valence-electron chi connectivity index (χ3n) is 4.47. The van der Waals surface area contributed by atoms with Gasteiger partial charge in [0, 0.05) is 18.3 Å². The molecule has 0 spiro atoms. The number of nitrogens with zero attached hydrogens (tertiary/aromatic N) is 2. The molecular formula is C22H47N3Se2Si. The Hall–Kier alpha value is 0.376. The van der Waals surface area contributed by atoms with Crippen molar-refractivity contribution in [2.45, 2.75) is 122 Å². The second kappa shape index (κ2) is 19.3. The fourth-order valence-electron chi connectivity index (χ4n) is 2.61. The molecule has 0 saturated carbocycles. The third kappa shape index (κ3) is 22.7. The van der Waals surface area contributed by atoms with Crippen LogP contribution in [0.3, 0.4) is 0 Å². The van der Waals surface area contributed by atoms with Gasteiger partial charge < -0.3 is 5.32 Å². The molecule has 166 valence electrons. The van der Waals surface area contributed by atoms with Crippen LogP contribution in [0.25, 0.3) is 0 Å². The molecule has 1 N–H and O–H groups in total. The Morgan fingerprint density at radius 3 is 1.89 bits per heavy atom. The molecule has 0 aliphatic carbocycles. The van der Waals surface area contributed by atoms with Gasteiger partial charge in [-0.05, 0) is 6.42 Å². The molecule has 2 atom stereocenters. The first-order valence-electron chi connectivity index (χ1n) is 11.1. The van der Waals surface area contributed by atoms with Crippen LogP contribution in [0.5, 0.6) is 0 Å². The number of nitrogens with one attached hydrogen (secondary N) is 1. The first-order chi connectivity index (χ1) is 12.8. The summed E-state index contributed by atoms with van der Waals surface area (Å²) in [7, 11) is -1.33. The van der Waals surface area contributed by atoms with Crippen LogP contribution in [-0.2, 0) is 0 Å². The maximum atomic E-state index is 8.21. The number of rotatable bonds is 10. The van der Waals surface area contributed by atoms with Crippen molar-refractivity contribution in [3.63, 3.8) is 0 Å². The summed E-state index contributed by atoms with van der Waals surface area (Å²) in [6.45, 7) is 14.1. The van der Waals surface area contributed by atoms with Crippen LogP contribution in [0.1, 0.15) is 85.0 Å². The number of hydrogen-bond donors (Lipinski definition) is 1. The van der Waals surface area contributed by atoms with E-state index >= 15 is 0 Å². The summed E-state index contributed by atoms with van der Waals surface area (Å²) in [5.41, 5.74) is 2.24. The molecule has 6 heteroatoms. The molecule has 0 aromatic carbocycles. The predicted octanol–water partition coefficient (Wildman–Crippen LogP) is 5.28. The Labute approximate surface area is 193 Å². The van der Waals surface area contributed by atoms with Crippen molar-refractivity contribution in [2.24, 2.45) is 4.99 Å². The van der Waals surface area contributed by atoms with Crippen LogP contribution in [0.2, 0.25) is 25.0 Å². The average molecular weight is 540 g/mol. The van der Waals surface area contributed by atoms with Crippen molar-refractivity contribution in [3.8, 4) is 5.69 Å². The number of hydrogen-bond acceptors (Lipinski definition) is 3. The molecule has 28 heavy (non-hydrogen) atoms. The van der Waals surface area contributed by atoms with Gasteiger partial charge in [-0.25, -0.2) is 5.26 Å². The van der Waals surface area contributed by atoms with Crippen LogP contribution in [0.15, 0.2) is 4.99 Å². The Balaban J connectivity index is 0. The van der Waals surface area contributed by atoms with E-state index in [2.05, 4.69) is 36.8 Å². The van der Waals surface area contributed by atoms with Gasteiger partial charge in [0.2, 0.25) is 0 Å². The SMILES string of the molecule is CCCCCCC1CN1.CCCCCCC1C[Se]C(C)=N1.C[Si](C)(C)C#N.[SeH2]. The van der Waals surface area contributed by atoms with E-state index in [4.69, 9.17) is 5.26 Å². The molecule has 2 aliphatic rings. The van der Waals surface area contributed by atoms with Gasteiger partial charge in [0.15, 0.2) is 8.07 Å². The van der Waals surface area contributed by atoms with Crippen molar-refractivity contribution >= 4 is 44.7 Å². The minimum atomic E-state index is -1.33. The van der Waals surface area contributed by atoms with Gasteiger partial charge in [0.25, 0.3) is 0 Å². The van der Waals surface area contributed by atoms with Gasteiger partial charge in [0.1, 0.15) is 0 Å². The fourth-order valence-corrected chi connectivity index (χ4v) is 4.49. The molecular weight excluding hydrogens is 492 g/mol. The van der Waals surface area contributed by atoms with E-state index in [0.29, 0.717) is 6.04 Å². The summed E-state index contributed by atoms with van der Waals surface area (Å²) in [6, 6.07) is 1.61. The summed E-state index contributed by atoms with van der Waals surface area (Å²) >= 11 is 0.745. The van der Waals surface area contributed by atoms with E-state index in [9.17, 15) is 0 Å². The van der Waals surface area contributed by atoms with Crippen LogP contribution in [-0.4, -0.2) is 63.3 Å². The van der Waals surface area contributed by atoms with Crippen molar-refractivity contribution in [1.82, 2.24) is 5.32 Å². The quantitative estimate of drug-likeness (QED) is 0.233. The summed E-state index contributed by atoms with van der Waals surface area (Å²) in [5, 5.41) is 12.9. The second-order valence-electron chi connectivity index (χ2n) is 8.78.